The maximum atomic E-state index is 13.8. The molecular formula is C11H16FN3O5S. The number of methoxy groups -OCH3 is 1. The van der Waals surface area contributed by atoms with Gasteiger partial charge in [0.15, 0.2) is 5.82 Å². The summed E-state index contributed by atoms with van der Waals surface area (Å²) in [6.07, 6.45) is 0. The molecule has 1 atom stereocenters. The third-order valence-corrected chi connectivity index (χ3v) is 4.99. The number of nitrogens with two attached hydrogens (primary N) is 1. The first-order chi connectivity index (χ1) is 9.66. The van der Waals surface area contributed by atoms with Crippen LogP contribution in [0.15, 0.2) is 17.0 Å². The predicted molar refractivity (Wildman–Crippen MR) is 73.1 cm³/mol. The highest BCUT2D eigenvalue weighted by molar-refractivity contribution is 7.89. The molecule has 0 heterocycles. The van der Waals surface area contributed by atoms with E-state index in [1.165, 1.54) is 7.05 Å². The lowest BCUT2D eigenvalue weighted by atomic mass is 10.3. The van der Waals surface area contributed by atoms with Crippen molar-refractivity contribution in [3.05, 3.63) is 28.1 Å². The van der Waals surface area contributed by atoms with Gasteiger partial charge in [-0.05, 0) is 13.0 Å². The average molecular weight is 321 g/mol. The van der Waals surface area contributed by atoms with Gasteiger partial charge in [0, 0.05) is 25.7 Å². The Morgan fingerprint density at radius 2 is 2.10 bits per heavy atom. The summed E-state index contributed by atoms with van der Waals surface area (Å²) in [5.41, 5.74) is 4.63. The van der Waals surface area contributed by atoms with Crippen molar-refractivity contribution >= 4 is 15.7 Å². The van der Waals surface area contributed by atoms with E-state index in [9.17, 15) is 22.9 Å². The Morgan fingerprint density at radius 1 is 1.52 bits per heavy atom. The number of benzene rings is 1. The third kappa shape index (κ3) is 3.28. The number of halogens is 1. The zero-order valence-corrected chi connectivity index (χ0v) is 12.6. The Kier molecular flexibility index (Phi) is 5.20. The molecule has 0 radical (unpaired) electrons. The summed E-state index contributed by atoms with van der Waals surface area (Å²) in [6.45, 7) is 1.61. The van der Waals surface area contributed by atoms with Gasteiger partial charge in [-0.2, -0.15) is 4.31 Å². The fourth-order valence-corrected chi connectivity index (χ4v) is 3.00. The Morgan fingerprint density at radius 3 is 2.52 bits per heavy atom. The van der Waals surface area contributed by atoms with E-state index in [1.807, 2.05) is 0 Å². The van der Waals surface area contributed by atoms with Crippen molar-refractivity contribution in [1.82, 2.24) is 4.31 Å². The molecule has 0 aliphatic carbocycles. The second-order valence-electron chi connectivity index (χ2n) is 4.32. The molecule has 0 spiro atoms. The average Bonchev–Trinajstić information content (AvgIpc) is 2.44. The molecule has 1 aromatic rings. The van der Waals surface area contributed by atoms with E-state index in [-0.39, 0.29) is 6.54 Å². The van der Waals surface area contributed by atoms with Crippen molar-refractivity contribution in [3.63, 3.8) is 0 Å². The summed E-state index contributed by atoms with van der Waals surface area (Å²) < 4.78 is 43.9. The fourth-order valence-electron chi connectivity index (χ4n) is 1.59. The van der Waals surface area contributed by atoms with Crippen LogP contribution in [0.5, 0.6) is 5.75 Å². The molecule has 118 valence electrons. The smallest absolute Gasteiger partial charge is 0.315 e. The summed E-state index contributed by atoms with van der Waals surface area (Å²) in [7, 11) is -1.78. The van der Waals surface area contributed by atoms with Crippen LogP contribution in [0.4, 0.5) is 10.1 Å². The molecule has 8 nitrogen and oxygen atoms in total. The van der Waals surface area contributed by atoms with E-state index in [0.717, 1.165) is 17.5 Å². The van der Waals surface area contributed by atoms with Gasteiger partial charge in [0.1, 0.15) is 0 Å². The lowest BCUT2D eigenvalue weighted by molar-refractivity contribution is -0.386. The lowest BCUT2D eigenvalue weighted by Crippen LogP contribution is -2.39. The molecular weight excluding hydrogens is 305 g/mol. The second kappa shape index (κ2) is 6.33. The Labute approximate surface area is 121 Å². The van der Waals surface area contributed by atoms with Gasteiger partial charge in [-0.15, -0.1) is 0 Å². The molecule has 0 aromatic heterocycles. The third-order valence-electron chi connectivity index (χ3n) is 3.04. The number of hydrogen-bond acceptors (Lipinski definition) is 6. The van der Waals surface area contributed by atoms with Gasteiger partial charge in [-0.25, -0.2) is 12.8 Å². The second-order valence-corrected chi connectivity index (χ2v) is 6.32. The largest absolute Gasteiger partial charge is 0.488 e. The molecule has 0 aliphatic heterocycles. The summed E-state index contributed by atoms with van der Waals surface area (Å²) in [4.78, 5) is 9.46. The number of nitro groups is 1. The van der Waals surface area contributed by atoms with Crippen LogP contribution in [0.2, 0.25) is 0 Å². The zero-order valence-electron chi connectivity index (χ0n) is 11.7. The highest BCUT2D eigenvalue weighted by atomic mass is 32.2. The number of hydrogen-bond donors (Lipinski definition) is 1. The molecule has 10 heteroatoms. The maximum Gasteiger partial charge on any atom is 0.315 e. The van der Waals surface area contributed by atoms with Crippen LogP contribution in [-0.4, -0.2) is 44.4 Å². The van der Waals surface area contributed by atoms with E-state index in [4.69, 9.17) is 5.73 Å². The monoisotopic (exact) mass is 321 g/mol. The van der Waals surface area contributed by atoms with Gasteiger partial charge in [0.25, 0.3) is 0 Å². The van der Waals surface area contributed by atoms with Gasteiger partial charge >= 0.3 is 5.69 Å². The summed E-state index contributed by atoms with van der Waals surface area (Å²) >= 11 is 0. The minimum absolute atomic E-state index is 0.0520. The molecule has 0 fully saturated rings. The minimum Gasteiger partial charge on any atom is -0.488 e. The molecule has 2 N–H and O–H groups in total. The zero-order chi connectivity index (χ0) is 16.4. The quantitative estimate of drug-likeness (QED) is 0.609. The predicted octanol–water partition coefficient (Wildman–Crippen LogP) is 0.710. The van der Waals surface area contributed by atoms with Crippen molar-refractivity contribution in [3.8, 4) is 5.75 Å². The highest BCUT2D eigenvalue weighted by Crippen LogP contribution is 2.33. The minimum atomic E-state index is -4.10. The van der Waals surface area contributed by atoms with E-state index >= 15 is 0 Å². The summed E-state index contributed by atoms with van der Waals surface area (Å²) in [6, 6.07) is 0.900. The van der Waals surface area contributed by atoms with Crippen LogP contribution in [0.3, 0.4) is 0 Å². The molecule has 0 bridgehead atoms. The van der Waals surface area contributed by atoms with Gasteiger partial charge in [-0.3, -0.25) is 10.1 Å². The summed E-state index contributed by atoms with van der Waals surface area (Å²) in [5, 5.41) is 10.9. The van der Waals surface area contributed by atoms with Crippen molar-refractivity contribution in [2.45, 2.75) is 17.9 Å². The highest BCUT2D eigenvalue weighted by Gasteiger charge is 2.30. The van der Waals surface area contributed by atoms with E-state index in [1.54, 1.807) is 6.92 Å². The molecule has 21 heavy (non-hydrogen) atoms. The van der Waals surface area contributed by atoms with Crippen LogP contribution < -0.4 is 10.5 Å². The van der Waals surface area contributed by atoms with Crippen LogP contribution in [0.25, 0.3) is 0 Å². The van der Waals surface area contributed by atoms with Crippen molar-refractivity contribution < 1.29 is 22.5 Å². The maximum absolute atomic E-state index is 13.8. The molecule has 0 amide bonds. The number of sulfonamides is 1. The van der Waals surface area contributed by atoms with Gasteiger partial charge in [0.05, 0.1) is 16.9 Å². The Balaban J connectivity index is 3.48. The number of rotatable bonds is 6. The molecule has 1 unspecified atom stereocenters. The van der Waals surface area contributed by atoms with Gasteiger partial charge < -0.3 is 10.5 Å². The Hall–Kier alpha value is -1.78. The number of ether oxygens (including phenoxy) is 1. The SMILES string of the molecule is COc1c(F)cc(S(=O)(=O)N(C)C(C)CN)cc1[N+](=O)[O-]. The molecule has 0 saturated carbocycles. The van der Waals surface area contributed by atoms with E-state index in [0.29, 0.717) is 6.07 Å². The van der Waals surface area contributed by atoms with Crippen molar-refractivity contribution in [1.29, 1.82) is 0 Å². The number of nitrogens with zero attached hydrogens (tertiary/aromatic N) is 2. The fraction of sp³-hybridized carbons (Fsp3) is 0.455. The van der Waals surface area contributed by atoms with Gasteiger partial charge in [-0.1, -0.05) is 0 Å². The van der Waals surface area contributed by atoms with Gasteiger partial charge in [0.2, 0.25) is 15.8 Å². The number of nitro benzene ring substituents is 1. The van der Waals surface area contributed by atoms with Crippen molar-refractivity contribution in [2.75, 3.05) is 20.7 Å². The van der Waals surface area contributed by atoms with E-state index < -0.39 is 43.1 Å². The van der Waals surface area contributed by atoms with E-state index in [2.05, 4.69) is 4.74 Å². The molecule has 1 aromatic carbocycles. The molecule has 1 rings (SSSR count). The lowest BCUT2D eigenvalue weighted by Gasteiger charge is -2.23. The first-order valence-electron chi connectivity index (χ1n) is 5.86. The normalized spacial score (nSPS) is 13.2. The van der Waals surface area contributed by atoms with Crippen molar-refractivity contribution in [2.24, 2.45) is 5.73 Å². The first kappa shape index (κ1) is 17.3. The molecule has 0 saturated heterocycles. The van der Waals surface area contributed by atoms with Crippen LogP contribution in [0, 0.1) is 15.9 Å². The molecule has 0 aliphatic rings. The first-order valence-corrected chi connectivity index (χ1v) is 7.30. The summed E-state index contributed by atoms with van der Waals surface area (Å²) in [5.74, 6) is -1.74. The van der Waals surface area contributed by atoms with Crippen LogP contribution >= 0.6 is 0 Å². The topological polar surface area (TPSA) is 116 Å². The van der Waals surface area contributed by atoms with Crippen LogP contribution in [0.1, 0.15) is 6.92 Å². The number of likely N-dealkylation sites (N-methyl/N-ethyl adjacent to an activating group) is 1. The standard InChI is InChI=1S/C11H16FN3O5S/c1-7(6-13)14(2)21(18,19)8-4-9(12)11(20-3)10(5-8)15(16)17/h4-5,7H,6,13H2,1-3H3. The Bertz CT molecular complexity index is 650. The van der Waals surface area contributed by atoms with Crippen LogP contribution in [-0.2, 0) is 10.0 Å².